The smallest absolute Gasteiger partial charge is 0.408 e. The second-order valence-electron chi connectivity index (χ2n) is 8.50. The maximum Gasteiger partial charge on any atom is 0.408 e. The molecule has 6 nitrogen and oxygen atoms in total. The molecule has 1 aromatic heterocycles. The summed E-state index contributed by atoms with van der Waals surface area (Å²) in [5.41, 5.74) is 0.932. The number of benzene rings is 1. The minimum atomic E-state index is -0.733. The van der Waals surface area contributed by atoms with E-state index in [9.17, 15) is 9.59 Å². The summed E-state index contributed by atoms with van der Waals surface area (Å²) >= 11 is 0. The maximum absolute atomic E-state index is 12.7. The minimum Gasteiger partial charge on any atom is -0.444 e. The summed E-state index contributed by atoms with van der Waals surface area (Å²) < 4.78 is 5.32. The fourth-order valence-corrected chi connectivity index (χ4v) is 2.64. The highest BCUT2D eigenvalue weighted by atomic mass is 16.6. The molecular formula is C20H29N3O3. The number of para-hydroxylation sites is 1. The maximum atomic E-state index is 12.7. The average Bonchev–Trinajstić information content (AvgIpc) is 2.86. The van der Waals surface area contributed by atoms with Crippen LogP contribution in [0.15, 0.2) is 30.5 Å². The summed E-state index contributed by atoms with van der Waals surface area (Å²) in [6, 6.07) is 7.14. The lowest BCUT2D eigenvalue weighted by Gasteiger charge is -2.27. The Kier molecular flexibility index (Phi) is 5.64. The fraction of sp³-hybridized carbons (Fsp3) is 0.500. The van der Waals surface area contributed by atoms with Crippen LogP contribution in [-0.4, -0.2) is 34.2 Å². The van der Waals surface area contributed by atoms with E-state index in [1.54, 1.807) is 20.8 Å². The lowest BCUT2D eigenvalue weighted by atomic mass is 10.0. The molecule has 0 spiro atoms. The van der Waals surface area contributed by atoms with E-state index < -0.39 is 23.3 Å². The van der Waals surface area contributed by atoms with Crippen molar-refractivity contribution in [1.29, 1.82) is 0 Å². The zero-order valence-electron chi connectivity index (χ0n) is 16.4. The Morgan fingerprint density at radius 1 is 1.12 bits per heavy atom. The second-order valence-corrected chi connectivity index (χ2v) is 8.50. The number of amides is 2. The van der Waals surface area contributed by atoms with E-state index in [0.29, 0.717) is 6.42 Å². The summed E-state index contributed by atoms with van der Waals surface area (Å²) in [6.07, 6.45) is 1.63. The van der Waals surface area contributed by atoms with Crippen LogP contribution in [0.5, 0.6) is 0 Å². The van der Waals surface area contributed by atoms with Crippen LogP contribution < -0.4 is 10.6 Å². The molecule has 26 heavy (non-hydrogen) atoms. The summed E-state index contributed by atoms with van der Waals surface area (Å²) in [5, 5.41) is 6.67. The third kappa shape index (κ3) is 5.79. The van der Waals surface area contributed by atoms with Gasteiger partial charge in [-0.15, -0.1) is 0 Å². The first-order valence-corrected chi connectivity index (χ1v) is 8.81. The SMILES string of the molecule is CC(C)(C)NC(=O)[C@H](Cc1c[nH]c2ccccc12)NC(=O)OC(C)(C)C. The van der Waals surface area contributed by atoms with Gasteiger partial charge in [0.1, 0.15) is 11.6 Å². The van der Waals surface area contributed by atoms with Crippen LogP contribution in [0.3, 0.4) is 0 Å². The van der Waals surface area contributed by atoms with Gasteiger partial charge >= 0.3 is 6.09 Å². The molecule has 0 aliphatic heterocycles. The van der Waals surface area contributed by atoms with Crippen molar-refractivity contribution in [3.05, 3.63) is 36.0 Å². The molecule has 1 aromatic carbocycles. The number of aromatic amines is 1. The molecule has 0 saturated heterocycles. The number of rotatable bonds is 4. The molecule has 2 rings (SSSR count). The van der Waals surface area contributed by atoms with Crippen LogP contribution in [0.25, 0.3) is 10.9 Å². The molecule has 2 aromatic rings. The van der Waals surface area contributed by atoms with Crippen LogP contribution in [-0.2, 0) is 16.0 Å². The Morgan fingerprint density at radius 2 is 1.77 bits per heavy atom. The highest BCUT2D eigenvalue weighted by molar-refractivity contribution is 5.88. The second kappa shape index (κ2) is 7.40. The normalized spacial score (nSPS) is 13.3. The van der Waals surface area contributed by atoms with Crippen molar-refractivity contribution in [2.45, 2.75) is 65.1 Å². The number of hydrogen-bond donors (Lipinski definition) is 3. The van der Waals surface area contributed by atoms with Crippen LogP contribution >= 0.6 is 0 Å². The molecule has 0 unspecified atom stereocenters. The van der Waals surface area contributed by atoms with Crippen molar-refractivity contribution in [3.63, 3.8) is 0 Å². The number of carbonyl (C=O) groups excluding carboxylic acids is 2. The zero-order valence-corrected chi connectivity index (χ0v) is 16.4. The first kappa shape index (κ1) is 19.8. The number of alkyl carbamates (subject to hydrolysis) is 1. The summed E-state index contributed by atoms with van der Waals surface area (Å²) in [7, 11) is 0. The van der Waals surface area contributed by atoms with Gasteiger partial charge in [0.15, 0.2) is 0 Å². The van der Waals surface area contributed by atoms with Crippen LogP contribution in [0.4, 0.5) is 4.79 Å². The molecule has 0 radical (unpaired) electrons. The number of fused-ring (bicyclic) bond motifs is 1. The first-order chi connectivity index (χ1) is 11.9. The van der Waals surface area contributed by atoms with Crippen molar-refractivity contribution in [2.75, 3.05) is 0 Å². The van der Waals surface area contributed by atoms with Crippen LogP contribution in [0, 0.1) is 0 Å². The molecule has 142 valence electrons. The van der Waals surface area contributed by atoms with Gasteiger partial charge in [0, 0.05) is 29.1 Å². The van der Waals surface area contributed by atoms with Gasteiger partial charge in [-0.1, -0.05) is 18.2 Å². The number of ether oxygens (including phenoxy) is 1. The quantitative estimate of drug-likeness (QED) is 0.781. The summed E-state index contributed by atoms with van der Waals surface area (Å²) in [5.74, 6) is -0.242. The molecule has 2 amide bonds. The molecule has 0 saturated carbocycles. The predicted molar refractivity (Wildman–Crippen MR) is 103 cm³/mol. The Hall–Kier alpha value is -2.50. The van der Waals surface area contributed by atoms with E-state index in [4.69, 9.17) is 4.74 Å². The van der Waals surface area contributed by atoms with Crippen molar-refractivity contribution < 1.29 is 14.3 Å². The number of carbonyl (C=O) groups is 2. The van der Waals surface area contributed by atoms with E-state index >= 15 is 0 Å². The predicted octanol–water partition coefficient (Wildman–Crippen LogP) is 3.52. The van der Waals surface area contributed by atoms with Gasteiger partial charge < -0.3 is 20.4 Å². The van der Waals surface area contributed by atoms with Gasteiger partial charge in [-0.3, -0.25) is 4.79 Å². The van der Waals surface area contributed by atoms with Gasteiger partial charge in [0.25, 0.3) is 0 Å². The van der Waals surface area contributed by atoms with E-state index in [-0.39, 0.29) is 5.91 Å². The fourth-order valence-electron chi connectivity index (χ4n) is 2.64. The Morgan fingerprint density at radius 3 is 2.38 bits per heavy atom. The Balaban J connectivity index is 2.22. The van der Waals surface area contributed by atoms with E-state index in [1.165, 1.54) is 0 Å². The summed E-state index contributed by atoms with van der Waals surface area (Å²) in [6.45, 7) is 11.1. The van der Waals surface area contributed by atoms with Gasteiger partial charge in [0.05, 0.1) is 0 Å². The van der Waals surface area contributed by atoms with E-state index in [0.717, 1.165) is 16.5 Å². The monoisotopic (exact) mass is 359 g/mol. The van der Waals surface area contributed by atoms with Gasteiger partial charge in [-0.2, -0.15) is 0 Å². The number of aromatic nitrogens is 1. The number of hydrogen-bond acceptors (Lipinski definition) is 3. The highest BCUT2D eigenvalue weighted by Crippen LogP contribution is 2.19. The van der Waals surface area contributed by atoms with E-state index in [1.807, 2.05) is 51.2 Å². The van der Waals surface area contributed by atoms with Crippen LogP contribution in [0.2, 0.25) is 0 Å². The van der Waals surface area contributed by atoms with Gasteiger partial charge in [-0.05, 0) is 53.2 Å². The average molecular weight is 359 g/mol. The van der Waals surface area contributed by atoms with Gasteiger partial charge in [0.2, 0.25) is 5.91 Å². The Labute approximate surface area is 154 Å². The molecule has 0 aliphatic carbocycles. The van der Waals surface area contributed by atoms with Gasteiger partial charge in [-0.25, -0.2) is 4.79 Å². The molecule has 0 aliphatic rings. The topological polar surface area (TPSA) is 83.2 Å². The third-order valence-electron chi connectivity index (χ3n) is 3.60. The van der Waals surface area contributed by atoms with Crippen molar-refractivity contribution >= 4 is 22.9 Å². The molecule has 1 heterocycles. The third-order valence-corrected chi connectivity index (χ3v) is 3.60. The molecule has 0 fully saturated rings. The molecular weight excluding hydrogens is 330 g/mol. The largest absolute Gasteiger partial charge is 0.444 e. The molecule has 1 atom stereocenters. The summed E-state index contributed by atoms with van der Waals surface area (Å²) in [4.78, 5) is 28.1. The zero-order chi connectivity index (χ0) is 19.5. The highest BCUT2D eigenvalue weighted by Gasteiger charge is 2.27. The number of H-pyrrole nitrogens is 1. The molecule has 0 bridgehead atoms. The first-order valence-electron chi connectivity index (χ1n) is 8.81. The number of nitrogens with one attached hydrogen (secondary N) is 3. The van der Waals surface area contributed by atoms with E-state index in [2.05, 4.69) is 15.6 Å². The Bertz CT molecular complexity index is 781. The standard InChI is InChI=1S/C20H29N3O3/c1-19(2,3)23-17(24)16(22-18(25)26-20(4,5)6)11-13-12-21-15-10-8-7-9-14(13)15/h7-10,12,16,21H,11H2,1-6H3,(H,22,25)(H,23,24)/t16-/m0/s1. The van der Waals surface area contributed by atoms with Crippen LogP contribution in [0.1, 0.15) is 47.1 Å². The molecule has 6 heteroatoms. The van der Waals surface area contributed by atoms with Crippen molar-refractivity contribution in [2.24, 2.45) is 0 Å². The minimum absolute atomic E-state index is 0.242. The van der Waals surface area contributed by atoms with Crippen molar-refractivity contribution in [1.82, 2.24) is 15.6 Å². The van der Waals surface area contributed by atoms with Crippen molar-refractivity contribution in [3.8, 4) is 0 Å². The lowest BCUT2D eigenvalue weighted by Crippen LogP contribution is -2.53. The molecule has 3 N–H and O–H groups in total. The lowest BCUT2D eigenvalue weighted by molar-refractivity contribution is -0.124.